The van der Waals surface area contributed by atoms with E-state index in [2.05, 4.69) is 30.9 Å². The first-order chi connectivity index (χ1) is 15.2. The maximum Gasteiger partial charge on any atom is 0.326 e. The molecule has 1 fully saturated rings. The molecule has 12 heteroatoms. The Bertz CT molecular complexity index is 966. The van der Waals surface area contributed by atoms with Crippen molar-refractivity contribution in [2.45, 2.75) is 57.5 Å². The van der Waals surface area contributed by atoms with Crippen LogP contribution in [0, 0.1) is 12.8 Å². The molecule has 0 saturated heterocycles. The molecule has 174 valence electrons. The van der Waals surface area contributed by atoms with Crippen LogP contribution in [0.2, 0.25) is 0 Å². The molecule has 1 aromatic heterocycles. The van der Waals surface area contributed by atoms with Gasteiger partial charge in [0.1, 0.15) is 11.9 Å². The van der Waals surface area contributed by atoms with Crippen molar-refractivity contribution < 1.29 is 24.6 Å². The average molecular weight is 448 g/mol. The molecule has 1 atom stereocenters. The van der Waals surface area contributed by atoms with Gasteiger partial charge in [0, 0.05) is 24.9 Å². The molecule has 0 aromatic carbocycles. The van der Waals surface area contributed by atoms with E-state index >= 15 is 0 Å². The molecule has 1 aromatic rings. The highest BCUT2D eigenvalue weighted by molar-refractivity contribution is 5.95. The monoisotopic (exact) mass is 448 g/mol. The number of hydrogen-bond acceptors (Lipinski definition) is 8. The Morgan fingerprint density at radius 2 is 1.91 bits per heavy atom. The molecule has 0 unspecified atom stereocenters. The van der Waals surface area contributed by atoms with Gasteiger partial charge in [0.15, 0.2) is 11.5 Å². The number of H-pyrrole nitrogens is 1. The van der Waals surface area contributed by atoms with Crippen molar-refractivity contribution >= 4 is 35.1 Å². The molecule has 1 amide bonds. The van der Waals surface area contributed by atoms with Gasteiger partial charge in [0.05, 0.1) is 12.3 Å². The Morgan fingerprint density at radius 1 is 1.19 bits per heavy atom. The molecular weight excluding hydrogens is 420 g/mol. The third-order valence-electron chi connectivity index (χ3n) is 5.70. The Balaban J connectivity index is 1.46. The molecule has 1 aliphatic carbocycles. The molecule has 2 aliphatic rings. The molecule has 0 spiro atoms. The molecule has 32 heavy (non-hydrogen) atoms. The van der Waals surface area contributed by atoms with Crippen LogP contribution in [-0.2, 0) is 14.4 Å². The van der Waals surface area contributed by atoms with Gasteiger partial charge in [-0.05, 0) is 39.0 Å². The summed E-state index contributed by atoms with van der Waals surface area (Å²) in [6.45, 7) is 2.69. The number of aliphatic imine (C=N–C) groups is 1. The number of aliphatic carboxylic acids is 2. The van der Waals surface area contributed by atoms with Gasteiger partial charge in [-0.25, -0.2) is 14.8 Å². The fourth-order valence-corrected chi connectivity index (χ4v) is 3.93. The number of aryl methyl sites for hydroxylation is 1. The van der Waals surface area contributed by atoms with Crippen molar-refractivity contribution in [3.8, 4) is 0 Å². The normalized spacial score (nSPS) is 21.0. The summed E-state index contributed by atoms with van der Waals surface area (Å²) in [4.78, 5) is 57.7. The number of carbonyl (C=O) groups is 3. The third kappa shape index (κ3) is 6.13. The summed E-state index contributed by atoms with van der Waals surface area (Å²) in [5.41, 5.74) is 0.776. The lowest BCUT2D eigenvalue weighted by molar-refractivity contribution is -0.143. The molecule has 1 aliphatic heterocycles. The van der Waals surface area contributed by atoms with Crippen molar-refractivity contribution in [1.82, 2.24) is 20.6 Å². The lowest BCUT2D eigenvalue weighted by Gasteiger charge is -2.29. The Hall–Kier alpha value is -3.28. The second-order valence-electron chi connectivity index (χ2n) is 8.14. The molecule has 0 radical (unpaired) electrons. The molecule has 12 nitrogen and oxygen atoms in total. The molecule has 3 rings (SSSR count). The number of hydrogen-bond donors (Lipinski definition) is 6. The van der Waals surface area contributed by atoms with E-state index in [9.17, 15) is 24.3 Å². The fourth-order valence-electron chi connectivity index (χ4n) is 3.93. The van der Waals surface area contributed by atoms with Crippen molar-refractivity contribution in [3.63, 3.8) is 0 Å². The van der Waals surface area contributed by atoms with E-state index in [0.29, 0.717) is 37.6 Å². The van der Waals surface area contributed by atoms with Gasteiger partial charge in [0.25, 0.3) is 5.56 Å². The van der Waals surface area contributed by atoms with Crippen LogP contribution in [-0.4, -0.2) is 68.9 Å². The minimum Gasteiger partial charge on any atom is -0.481 e. The predicted octanol–water partition coefficient (Wildman–Crippen LogP) is 0.159. The number of carbonyl (C=O) groups excluding carboxylic acids is 1. The number of rotatable bonds is 9. The van der Waals surface area contributed by atoms with E-state index in [1.54, 1.807) is 6.92 Å². The van der Waals surface area contributed by atoms with Gasteiger partial charge in [-0.3, -0.25) is 14.4 Å². The summed E-state index contributed by atoms with van der Waals surface area (Å²) in [6, 6.07) is -1.02. The first-order valence-corrected chi connectivity index (χ1v) is 10.6. The Labute approximate surface area is 183 Å². The minimum absolute atomic E-state index is 0.148. The van der Waals surface area contributed by atoms with E-state index in [1.165, 1.54) is 0 Å². The van der Waals surface area contributed by atoms with Crippen LogP contribution in [0.15, 0.2) is 9.79 Å². The second-order valence-corrected chi connectivity index (χ2v) is 8.14. The van der Waals surface area contributed by atoms with Crippen molar-refractivity contribution in [2.75, 3.05) is 18.4 Å². The van der Waals surface area contributed by atoms with Crippen LogP contribution >= 0.6 is 0 Å². The first kappa shape index (κ1) is 23.4. The van der Waals surface area contributed by atoms with Gasteiger partial charge in [0.2, 0.25) is 5.91 Å². The zero-order chi connectivity index (χ0) is 23.3. The summed E-state index contributed by atoms with van der Waals surface area (Å²) in [5.74, 6) is -1.98. The van der Waals surface area contributed by atoms with Crippen LogP contribution in [0.5, 0.6) is 0 Å². The van der Waals surface area contributed by atoms with Gasteiger partial charge in [-0.1, -0.05) is 0 Å². The van der Waals surface area contributed by atoms with Crippen LogP contribution in [0.25, 0.3) is 0 Å². The number of aromatic nitrogens is 2. The number of nitrogens with one attached hydrogen (secondary N) is 4. The number of nitrogens with zero attached hydrogens (tertiary/aromatic N) is 2. The lowest BCUT2D eigenvalue weighted by Crippen LogP contribution is -2.46. The molecule has 2 heterocycles. The second kappa shape index (κ2) is 10.4. The number of fused-ring (bicyclic) bond motifs is 1. The van der Waals surface area contributed by atoms with Gasteiger partial charge >= 0.3 is 11.9 Å². The summed E-state index contributed by atoms with van der Waals surface area (Å²) < 4.78 is 0. The summed E-state index contributed by atoms with van der Waals surface area (Å²) in [7, 11) is 0. The van der Waals surface area contributed by atoms with Crippen LogP contribution in [0.4, 0.5) is 11.5 Å². The zero-order valence-corrected chi connectivity index (χ0v) is 17.8. The summed E-state index contributed by atoms with van der Waals surface area (Å²) in [5, 5.41) is 26.9. The predicted molar refractivity (Wildman–Crippen MR) is 115 cm³/mol. The molecular formula is C20H28N6O6. The largest absolute Gasteiger partial charge is 0.481 e. The zero-order valence-electron chi connectivity index (χ0n) is 17.8. The van der Waals surface area contributed by atoms with Crippen molar-refractivity contribution in [2.24, 2.45) is 10.9 Å². The Morgan fingerprint density at radius 3 is 2.56 bits per heavy atom. The smallest absolute Gasteiger partial charge is 0.326 e. The summed E-state index contributed by atoms with van der Waals surface area (Å²) in [6.07, 6.45) is 2.21. The number of carboxylic acids is 2. The standard InChI is InChI=1S/C20H28N6O6/c1-10-23-17-16(19(30)24-10)25-13(9-22-17)8-21-12-4-2-11(3-5-12)18(29)26-14(20(31)32)6-7-15(27)28/h11-12,14,21H,2-9H2,1H3,(H,26,29)(H,27,28)(H,31,32)(H2,22,23,24,30)/t11?,12?,14-/m0/s1. The highest BCUT2D eigenvalue weighted by Crippen LogP contribution is 2.25. The topological polar surface area (TPSA) is 186 Å². The molecule has 0 bridgehead atoms. The average Bonchev–Trinajstić information content (AvgIpc) is 2.75. The lowest BCUT2D eigenvalue weighted by atomic mass is 9.85. The third-order valence-corrected chi connectivity index (χ3v) is 5.70. The first-order valence-electron chi connectivity index (χ1n) is 10.6. The summed E-state index contributed by atoms with van der Waals surface area (Å²) >= 11 is 0. The van der Waals surface area contributed by atoms with E-state index in [0.717, 1.165) is 18.6 Å². The maximum atomic E-state index is 12.4. The molecule has 1 saturated carbocycles. The van der Waals surface area contributed by atoms with Crippen LogP contribution in [0.1, 0.15) is 44.3 Å². The van der Waals surface area contributed by atoms with Crippen LogP contribution in [0.3, 0.4) is 0 Å². The minimum atomic E-state index is -1.23. The van der Waals surface area contributed by atoms with Crippen LogP contribution < -0.4 is 21.5 Å². The SMILES string of the molecule is Cc1nc2c(c(=O)[nH]1)N=C(CNC1CCC(C(=O)N[C@@H](CCC(=O)O)C(=O)O)CC1)CN2. The van der Waals surface area contributed by atoms with E-state index in [4.69, 9.17) is 5.11 Å². The Kier molecular flexibility index (Phi) is 7.57. The number of aromatic amines is 1. The van der Waals surface area contributed by atoms with E-state index in [-0.39, 0.29) is 42.0 Å². The number of anilines is 1. The van der Waals surface area contributed by atoms with Gasteiger partial charge < -0.3 is 31.1 Å². The number of amides is 1. The van der Waals surface area contributed by atoms with Gasteiger partial charge in [-0.15, -0.1) is 0 Å². The van der Waals surface area contributed by atoms with Crippen molar-refractivity contribution in [3.05, 3.63) is 16.2 Å². The highest BCUT2D eigenvalue weighted by Gasteiger charge is 2.29. The maximum absolute atomic E-state index is 12.4. The van der Waals surface area contributed by atoms with E-state index in [1.807, 2.05) is 0 Å². The quantitative estimate of drug-likeness (QED) is 0.306. The highest BCUT2D eigenvalue weighted by atomic mass is 16.4. The molecule has 6 N–H and O–H groups in total. The fraction of sp³-hybridized carbons (Fsp3) is 0.600. The van der Waals surface area contributed by atoms with E-state index < -0.39 is 18.0 Å². The number of carboxylic acid groups (broad SMARTS) is 2. The van der Waals surface area contributed by atoms with Crippen molar-refractivity contribution in [1.29, 1.82) is 0 Å². The van der Waals surface area contributed by atoms with Gasteiger partial charge in [-0.2, -0.15) is 0 Å².